The first kappa shape index (κ1) is 17.1. The molecule has 0 aromatic heterocycles. The highest BCUT2D eigenvalue weighted by Crippen LogP contribution is 2.28. The first-order valence-electron chi connectivity index (χ1n) is 7.32. The van der Waals surface area contributed by atoms with Crippen LogP contribution in [-0.2, 0) is 0 Å². The molecule has 4 nitrogen and oxygen atoms in total. The normalized spacial score (nSPS) is 10.2. The zero-order valence-corrected chi connectivity index (χ0v) is 14.4. The van der Waals surface area contributed by atoms with Crippen molar-refractivity contribution >= 4 is 17.2 Å². The molecular formula is C18H21NO3S. The van der Waals surface area contributed by atoms with Gasteiger partial charge in [0.05, 0.1) is 7.11 Å². The van der Waals surface area contributed by atoms with Crippen LogP contribution in [0.3, 0.4) is 0 Å². The molecule has 0 saturated heterocycles. The summed E-state index contributed by atoms with van der Waals surface area (Å²) in [5.74, 6) is 2.11. The van der Waals surface area contributed by atoms with Crippen LogP contribution in [0.15, 0.2) is 36.4 Å². The lowest BCUT2D eigenvalue weighted by atomic mass is 10.1. The molecule has 5 heteroatoms. The predicted molar refractivity (Wildman–Crippen MR) is 95.8 cm³/mol. The molecule has 0 aliphatic rings. The van der Waals surface area contributed by atoms with Gasteiger partial charge in [-0.3, -0.25) is 0 Å². The fourth-order valence-electron chi connectivity index (χ4n) is 2.12. The Kier molecular flexibility index (Phi) is 5.82. The zero-order valence-electron chi connectivity index (χ0n) is 13.6. The number of thiocarbonyl (C=S) groups is 1. The molecule has 2 aromatic carbocycles. The van der Waals surface area contributed by atoms with E-state index in [0.717, 1.165) is 16.9 Å². The van der Waals surface area contributed by atoms with E-state index in [9.17, 15) is 0 Å². The van der Waals surface area contributed by atoms with E-state index in [1.165, 1.54) is 5.56 Å². The molecule has 0 unspecified atom stereocenters. The van der Waals surface area contributed by atoms with Crippen LogP contribution in [0.2, 0.25) is 0 Å². The van der Waals surface area contributed by atoms with E-state index in [2.05, 4.69) is 13.0 Å². The Labute approximate surface area is 142 Å². The molecule has 0 aliphatic heterocycles. The van der Waals surface area contributed by atoms with Crippen LogP contribution in [-0.4, -0.2) is 25.3 Å². The third-order valence-corrected chi connectivity index (χ3v) is 3.84. The second-order valence-electron chi connectivity index (χ2n) is 5.12. The summed E-state index contributed by atoms with van der Waals surface area (Å²) < 4.78 is 16.8. The van der Waals surface area contributed by atoms with Crippen LogP contribution >= 0.6 is 12.2 Å². The van der Waals surface area contributed by atoms with Gasteiger partial charge in [0.25, 0.3) is 0 Å². The summed E-state index contributed by atoms with van der Waals surface area (Å²) in [5, 5.41) is 0. The molecule has 0 aliphatic carbocycles. The highest BCUT2D eigenvalue weighted by molar-refractivity contribution is 7.80. The van der Waals surface area contributed by atoms with Crippen molar-refractivity contribution in [1.82, 2.24) is 0 Å². The highest BCUT2D eigenvalue weighted by Gasteiger charge is 2.08. The molecule has 0 spiro atoms. The van der Waals surface area contributed by atoms with Crippen molar-refractivity contribution in [3.63, 3.8) is 0 Å². The molecule has 0 fully saturated rings. The first-order valence-corrected chi connectivity index (χ1v) is 7.73. The monoisotopic (exact) mass is 331 g/mol. The number of hydrogen-bond acceptors (Lipinski definition) is 4. The summed E-state index contributed by atoms with van der Waals surface area (Å²) >= 11 is 4.96. The van der Waals surface area contributed by atoms with Crippen molar-refractivity contribution in [3.8, 4) is 17.2 Å². The van der Waals surface area contributed by atoms with Crippen molar-refractivity contribution in [1.29, 1.82) is 0 Å². The molecule has 122 valence electrons. The van der Waals surface area contributed by atoms with Gasteiger partial charge in [0.15, 0.2) is 11.5 Å². The van der Waals surface area contributed by atoms with Crippen molar-refractivity contribution in [2.75, 3.05) is 20.3 Å². The van der Waals surface area contributed by atoms with Gasteiger partial charge in [-0.25, -0.2) is 0 Å². The highest BCUT2D eigenvalue weighted by atomic mass is 32.1. The van der Waals surface area contributed by atoms with Gasteiger partial charge in [0, 0.05) is 5.56 Å². The number of ether oxygens (including phenoxy) is 3. The Morgan fingerprint density at radius 1 is 1.00 bits per heavy atom. The van der Waals surface area contributed by atoms with Crippen LogP contribution in [0.25, 0.3) is 0 Å². The minimum absolute atomic E-state index is 0.327. The lowest BCUT2D eigenvalue weighted by Gasteiger charge is -2.14. The van der Waals surface area contributed by atoms with Crippen LogP contribution in [0.5, 0.6) is 17.2 Å². The zero-order chi connectivity index (χ0) is 16.8. The third-order valence-electron chi connectivity index (χ3n) is 3.60. The maximum atomic E-state index is 5.77. The molecule has 0 atom stereocenters. The second kappa shape index (κ2) is 7.83. The van der Waals surface area contributed by atoms with Gasteiger partial charge in [0.1, 0.15) is 24.0 Å². The number of rotatable bonds is 7. The summed E-state index contributed by atoms with van der Waals surface area (Å²) in [7, 11) is 1.58. The number of hydrogen-bond donors (Lipinski definition) is 1. The Hall–Kier alpha value is -2.27. The first-order chi connectivity index (χ1) is 11.0. The Morgan fingerprint density at radius 3 is 2.35 bits per heavy atom. The topological polar surface area (TPSA) is 53.7 Å². The number of aryl methyl sites for hydroxylation is 1. The smallest absolute Gasteiger partial charge is 0.161 e. The van der Waals surface area contributed by atoms with E-state index in [4.69, 9.17) is 32.2 Å². The number of nitrogens with two attached hydrogens (primary N) is 1. The summed E-state index contributed by atoms with van der Waals surface area (Å²) in [5.41, 5.74) is 8.71. The summed E-state index contributed by atoms with van der Waals surface area (Å²) in [4.78, 5) is 0.327. The summed E-state index contributed by atoms with van der Waals surface area (Å²) in [6, 6.07) is 11.4. The minimum atomic E-state index is 0.327. The fourth-order valence-corrected chi connectivity index (χ4v) is 2.25. The Morgan fingerprint density at radius 2 is 1.70 bits per heavy atom. The third kappa shape index (κ3) is 4.36. The SMILES string of the molecule is COc1cc(C(N)=S)ccc1OCCOc1cccc(C)c1C. The van der Waals surface area contributed by atoms with Gasteiger partial charge >= 0.3 is 0 Å². The van der Waals surface area contributed by atoms with E-state index >= 15 is 0 Å². The molecular weight excluding hydrogens is 310 g/mol. The molecule has 0 radical (unpaired) electrons. The van der Waals surface area contributed by atoms with Crippen LogP contribution < -0.4 is 19.9 Å². The van der Waals surface area contributed by atoms with Crippen LogP contribution in [0.4, 0.5) is 0 Å². The van der Waals surface area contributed by atoms with Crippen molar-refractivity contribution in [3.05, 3.63) is 53.1 Å². The Balaban J connectivity index is 1.94. The van der Waals surface area contributed by atoms with Crippen LogP contribution in [0.1, 0.15) is 16.7 Å². The molecule has 2 aromatic rings. The lowest BCUT2D eigenvalue weighted by molar-refractivity contribution is 0.210. The van der Waals surface area contributed by atoms with Gasteiger partial charge in [-0.2, -0.15) is 0 Å². The molecule has 23 heavy (non-hydrogen) atoms. The summed E-state index contributed by atoms with van der Waals surface area (Å²) in [6.07, 6.45) is 0. The minimum Gasteiger partial charge on any atom is -0.493 e. The van der Waals surface area contributed by atoms with E-state index in [0.29, 0.717) is 29.7 Å². The van der Waals surface area contributed by atoms with E-state index in [1.807, 2.05) is 25.1 Å². The van der Waals surface area contributed by atoms with E-state index in [1.54, 1.807) is 19.2 Å². The molecule has 0 heterocycles. The molecule has 0 saturated carbocycles. The van der Waals surface area contributed by atoms with Crippen molar-refractivity contribution in [2.45, 2.75) is 13.8 Å². The Bertz CT molecular complexity index is 701. The number of benzene rings is 2. The van der Waals surface area contributed by atoms with Gasteiger partial charge in [0.2, 0.25) is 0 Å². The maximum absolute atomic E-state index is 5.77. The molecule has 0 bridgehead atoms. The van der Waals surface area contributed by atoms with E-state index < -0.39 is 0 Å². The summed E-state index contributed by atoms with van der Waals surface area (Å²) in [6.45, 7) is 4.97. The number of methoxy groups -OCH3 is 1. The lowest BCUT2D eigenvalue weighted by Crippen LogP contribution is -2.12. The quantitative estimate of drug-likeness (QED) is 0.622. The average molecular weight is 331 g/mol. The van der Waals surface area contributed by atoms with Crippen molar-refractivity contribution < 1.29 is 14.2 Å². The van der Waals surface area contributed by atoms with Gasteiger partial charge < -0.3 is 19.9 Å². The fraction of sp³-hybridized carbons (Fsp3) is 0.278. The molecule has 2 rings (SSSR count). The largest absolute Gasteiger partial charge is 0.493 e. The van der Waals surface area contributed by atoms with Gasteiger partial charge in [-0.05, 0) is 49.2 Å². The van der Waals surface area contributed by atoms with Crippen LogP contribution in [0, 0.1) is 13.8 Å². The standard InChI is InChI=1S/C18H21NO3S/c1-12-5-4-6-15(13(12)2)21-9-10-22-16-8-7-14(18(19)23)11-17(16)20-3/h4-8,11H,9-10H2,1-3H3,(H2,19,23). The van der Waals surface area contributed by atoms with Gasteiger partial charge in [-0.15, -0.1) is 0 Å². The second-order valence-corrected chi connectivity index (χ2v) is 5.56. The molecule has 2 N–H and O–H groups in total. The van der Waals surface area contributed by atoms with Gasteiger partial charge in [-0.1, -0.05) is 24.4 Å². The average Bonchev–Trinajstić information content (AvgIpc) is 2.55. The predicted octanol–water partition coefficient (Wildman–Crippen LogP) is 3.40. The van der Waals surface area contributed by atoms with E-state index in [-0.39, 0.29) is 0 Å². The maximum Gasteiger partial charge on any atom is 0.161 e. The molecule has 0 amide bonds. The van der Waals surface area contributed by atoms with Crippen molar-refractivity contribution in [2.24, 2.45) is 5.73 Å².